The second kappa shape index (κ2) is 7.92. The number of thioether (sulfide) groups is 1. The number of nitrogens with one attached hydrogen (secondary N) is 2. The molecule has 134 valence electrons. The standard InChI is InChI=1S/C18H15FN2O4S/c19-13-6-1-2-7-14(13)20-18-21-17(24)15(26-18)9-11-4-3-5-12(8-11)25-10-16(22)23/h1-9,18,20H,10H2,(H,21,24)(H,22,23)/b15-9-. The van der Waals surface area contributed by atoms with Gasteiger partial charge in [-0.3, -0.25) is 4.79 Å². The number of carboxylic acids is 1. The second-order valence-electron chi connectivity index (χ2n) is 5.36. The third-order valence-corrected chi connectivity index (χ3v) is 4.44. The number of carboxylic acid groups (broad SMARTS) is 1. The van der Waals surface area contributed by atoms with Crippen LogP contribution in [0.1, 0.15) is 5.56 Å². The molecule has 0 bridgehead atoms. The molecule has 0 radical (unpaired) electrons. The Labute approximate surface area is 153 Å². The fourth-order valence-electron chi connectivity index (χ4n) is 2.28. The molecule has 3 N–H and O–H groups in total. The zero-order chi connectivity index (χ0) is 18.5. The third kappa shape index (κ3) is 4.54. The maximum atomic E-state index is 13.7. The average molecular weight is 374 g/mol. The lowest BCUT2D eigenvalue weighted by Gasteiger charge is -2.12. The van der Waals surface area contributed by atoms with Crippen molar-refractivity contribution in [1.82, 2.24) is 5.32 Å². The predicted octanol–water partition coefficient (Wildman–Crippen LogP) is 2.89. The zero-order valence-corrected chi connectivity index (χ0v) is 14.3. The minimum Gasteiger partial charge on any atom is -0.482 e. The Balaban J connectivity index is 1.69. The quantitative estimate of drug-likeness (QED) is 0.674. The summed E-state index contributed by atoms with van der Waals surface area (Å²) in [6.45, 7) is -0.441. The maximum Gasteiger partial charge on any atom is 0.341 e. The minimum atomic E-state index is -1.07. The van der Waals surface area contributed by atoms with Crippen LogP contribution in [0.15, 0.2) is 53.4 Å². The number of anilines is 1. The predicted molar refractivity (Wildman–Crippen MR) is 97.1 cm³/mol. The highest BCUT2D eigenvalue weighted by molar-refractivity contribution is 8.05. The molecule has 6 nitrogen and oxygen atoms in total. The Morgan fingerprint density at radius 2 is 2.12 bits per heavy atom. The van der Waals surface area contributed by atoms with E-state index < -0.39 is 23.9 Å². The topological polar surface area (TPSA) is 87.7 Å². The van der Waals surface area contributed by atoms with Gasteiger partial charge in [-0.1, -0.05) is 36.0 Å². The summed E-state index contributed by atoms with van der Waals surface area (Å²) in [5.41, 5.74) is 0.504. The van der Waals surface area contributed by atoms with Crippen LogP contribution in [0.4, 0.5) is 10.1 Å². The van der Waals surface area contributed by atoms with E-state index in [1.807, 2.05) is 0 Å². The Hall–Kier alpha value is -3.00. The summed E-state index contributed by atoms with van der Waals surface area (Å²) in [5, 5.41) is 14.3. The lowest BCUT2D eigenvalue weighted by Crippen LogP contribution is -2.31. The van der Waals surface area contributed by atoms with Gasteiger partial charge in [0.15, 0.2) is 12.1 Å². The number of para-hydroxylation sites is 1. The SMILES string of the molecule is O=C(O)COc1cccc(/C=C2\SC(Nc3ccccc3F)NC2=O)c1. The Morgan fingerprint density at radius 3 is 2.88 bits per heavy atom. The number of aliphatic carboxylic acids is 1. The van der Waals surface area contributed by atoms with E-state index in [1.54, 1.807) is 48.5 Å². The van der Waals surface area contributed by atoms with E-state index in [2.05, 4.69) is 10.6 Å². The van der Waals surface area contributed by atoms with E-state index in [-0.39, 0.29) is 5.91 Å². The van der Waals surface area contributed by atoms with Crippen molar-refractivity contribution in [1.29, 1.82) is 0 Å². The molecule has 2 aromatic rings. The van der Waals surface area contributed by atoms with Crippen molar-refractivity contribution in [3.05, 3.63) is 64.8 Å². The van der Waals surface area contributed by atoms with Gasteiger partial charge in [0, 0.05) is 0 Å². The number of carbonyl (C=O) groups is 2. The number of carbonyl (C=O) groups excluding carboxylic acids is 1. The molecule has 3 rings (SSSR count). The Kier molecular flexibility index (Phi) is 5.43. The second-order valence-corrected chi connectivity index (χ2v) is 6.51. The van der Waals surface area contributed by atoms with E-state index >= 15 is 0 Å². The van der Waals surface area contributed by atoms with Crippen molar-refractivity contribution < 1.29 is 23.8 Å². The molecule has 1 saturated heterocycles. The number of hydrogen-bond acceptors (Lipinski definition) is 5. The molecule has 0 aromatic heterocycles. The van der Waals surface area contributed by atoms with Gasteiger partial charge >= 0.3 is 5.97 Å². The summed E-state index contributed by atoms with van der Waals surface area (Å²) in [6, 6.07) is 13.0. The number of hydrogen-bond donors (Lipinski definition) is 3. The van der Waals surface area contributed by atoms with Crippen molar-refractivity contribution in [2.24, 2.45) is 0 Å². The van der Waals surface area contributed by atoms with Gasteiger partial charge in [-0.25, -0.2) is 9.18 Å². The first-order valence-electron chi connectivity index (χ1n) is 7.66. The molecule has 1 fully saturated rings. The van der Waals surface area contributed by atoms with E-state index in [1.165, 1.54) is 17.8 Å². The van der Waals surface area contributed by atoms with Crippen LogP contribution >= 0.6 is 11.8 Å². The van der Waals surface area contributed by atoms with Gasteiger partial charge in [0.1, 0.15) is 11.6 Å². The smallest absolute Gasteiger partial charge is 0.341 e. The summed E-state index contributed by atoms with van der Waals surface area (Å²) >= 11 is 1.23. The normalized spacial score (nSPS) is 17.8. The highest BCUT2D eigenvalue weighted by Crippen LogP contribution is 2.31. The van der Waals surface area contributed by atoms with Crippen LogP contribution in [0.5, 0.6) is 5.75 Å². The van der Waals surface area contributed by atoms with Crippen molar-refractivity contribution in [3.63, 3.8) is 0 Å². The molecule has 2 aromatic carbocycles. The summed E-state index contributed by atoms with van der Waals surface area (Å²) in [7, 11) is 0. The number of ether oxygens (including phenoxy) is 1. The molecule has 1 atom stereocenters. The molecule has 1 aliphatic heterocycles. The highest BCUT2D eigenvalue weighted by atomic mass is 32.2. The Morgan fingerprint density at radius 1 is 1.31 bits per heavy atom. The van der Waals surface area contributed by atoms with E-state index in [0.29, 0.717) is 21.9 Å². The van der Waals surface area contributed by atoms with Gasteiger partial charge < -0.3 is 20.5 Å². The third-order valence-electron chi connectivity index (χ3n) is 3.41. The van der Waals surface area contributed by atoms with Crippen molar-refractivity contribution in [3.8, 4) is 5.75 Å². The highest BCUT2D eigenvalue weighted by Gasteiger charge is 2.27. The number of benzene rings is 2. The van der Waals surface area contributed by atoms with Crippen LogP contribution < -0.4 is 15.4 Å². The fraction of sp³-hybridized carbons (Fsp3) is 0.111. The summed E-state index contributed by atoms with van der Waals surface area (Å²) in [5.74, 6) is -1.35. The lowest BCUT2D eigenvalue weighted by atomic mass is 10.2. The zero-order valence-electron chi connectivity index (χ0n) is 13.4. The first kappa shape index (κ1) is 17.8. The Bertz CT molecular complexity index is 872. The summed E-state index contributed by atoms with van der Waals surface area (Å²) in [4.78, 5) is 23.1. The van der Waals surface area contributed by atoms with Crippen LogP contribution in [0.25, 0.3) is 6.08 Å². The molecule has 26 heavy (non-hydrogen) atoms. The van der Waals surface area contributed by atoms with Crippen LogP contribution in [0.2, 0.25) is 0 Å². The fourth-order valence-corrected chi connectivity index (χ4v) is 3.25. The minimum absolute atomic E-state index is 0.277. The van der Waals surface area contributed by atoms with Crippen molar-refractivity contribution >= 4 is 35.4 Å². The molecule has 0 saturated carbocycles. The first-order valence-corrected chi connectivity index (χ1v) is 8.54. The van der Waals surface area contributed by atoms with Gasteiger partial charge in [0.05, 0.1) is 10.6 Å². The first-order chi connectivity index (χ1) is 12.5. The molecule has 8 heteroatoms. The lowest BCUT2D eigenvalue weighted by molar-refractivity contribution is -0.139. The van der Waals surface area contributed by atoms with Crippen LogP contribution in [-0.4, -0.2) is 29.1 Å². The van der Waals surface area contributed by atoms with Crippen molar-refractivity contribution in [2.45, 2.75) is 5.50 Å². The van der Waals surface area contributed by atoms with Crippen molar-refractivity contribution in [2.75, 3.05) is 11.9 Å². The average Bonchev–Trinajstić information content (AvgIpc) is 2.95. The molecule has 1 amide bonds. The van der Waals surface area contributed by atoms with Gasteiger partial charge in [-0.15, -0.1) is 0 Å². The molecule has 0 spiro atoms. The molecular formula is C18H15FN2O4S. The molecule has 0 aliphatic carbocycles. The summed E-state index contributed by atoms with van der Waals surface area (Å²) in [6.07, 6.45) is 1.66. The van der Waals surface area contributed by atoms with E-state index in [9.17, 15) is 14.0 Å². The number of rotatable bonds is 6. The van der Waals surface area contributed by atoms with Gasteiger partial charge in [0.2, 0.25) is 0 Å². The van der Waals surface area contributed by atoms with Crippen LogP contribution in [0.3, 0.4) is 0 Å². The van der Waals surface area contributed by atoms with Gasteiger partial charge in [-0.2, -0.15) is 0 Å². The van der Waals surface area contributed by atoms with Gasteiger partial charge in [-0.05, 0) is 35.9 Å². The maximum absolute atomic E-state index is 13.7. The van der Waals surface area contributed by atoms with Crippen LogP contribution in [-0.2, 0) is 9.59 Å². The number of halogens is 1. The van der Waals surface area contributed by atoms with Crippen LogP contribution in [0, 0.1) is 5.82 Å². The van der Waals surface area contributed by atoms with Gasteiger partial charge in [0.25, 0.3) is 5.91 Å². The van der Waals surface area contributed by atoms with E-state index in [4.69, 9.17) is 9.84 Å². The largest absolute Gasteiger partial charge is 0.482 e. The molecular weight excluding hydrogens is 359 g/mol. The molecule has 1 unspecified atom stereocenters. The summed E-state index contributed by atoms with van der Waals surface area (Å²) < 4.78 is 18.8. The number of amides is 1. The van der Waals surface area contributed by atoms with E-state index in [0.717, 1.165) is 0 Å². The molecule has 1 heterocycles. The molecule has 1 aliphatic rings. The monoisotopic (exact) mass is 374 g/mol.